The van der Waals surface area contributed by atoms with Crippen LogP contribution in [0.2, 0.25) is 0 Å². The lowest BCUT2D eigenvalue weighted by Gasteiger charge is -2.29. The van der Waals surface area contributed by atoms with Crippen LogP contribution in [0.25, 0.3) is 0 Å². The molecule has 1 unspecified atom stereocenters. The van der Waals surface area contributed by atoms with Gasteiger partial charge < -0.3 is 5.32 Å². The SMILES string of the molecule is CCC(CC)C(=O)C1(CC)CCNC1. The summed E-state index contributed by atoms with van der Waals surface area (Å²) in [4.78, 5) is 12.3. The Morgan fingerprint density at radius 1 is 1.36 bits per heavy atom. The Bertz CT molecular complexity index is 190. The highest BCUT2D eigenvalue weighted by Gasteiger charge is 2.41. The molecule has 0 aliphatic carbocycles. The van der Waals surface area contributed by atoms with Crippen LogP contribution in [-0.4, -0.2) is 18.9 Å². The third kappa shape index (κ3) is 2.00. The van der Waals surface area contributed by atoms with Crippen molar-refractivity contribution in [1.82, 2.24) is 5.32 Å². The van der Waals surface area contributed by atoms with Gasteiger partial charge in [0.2, 0.25) is 0 Å². The molecule has 1 saturated heterocycles. The zero-order valence-electron chi connectivity index (χ0n) is 9.73. The van der Waals surface area contributed by atoms with Gasteiger partial charge in [-0.05, 0) is 32.2 Å². The van der Waals surface area contributed by atoms with Crippen LogP contribution >= 0.6 is 0 Å². The lowest BCUT2D eigenvalue weighted by atomic mass is 9.74. The second-order valence-corrected chi connectivity index (χ2v) is 4.44. The maximum Gasteiger partial charge on any atom is 0.143 e. The first kappa shape index (κ1) is 11.7. The van der Waals surface area contributed by atoms with Gasteiger partial charge in [-0.1, -0.05) is 20.8 Å². The van der Waals surface area contributed by atoms with E-state index in [9.17, 15) is 4.79 Å². The van der Waals surface area contributed by atoms with Crippen LogP contribution in [0.5, 0.6) is 0 Å². The zero-order chi connectivity index (χ0) is 10.6. The number of ketones is 1. The summed E-state index contributed by atoms with van der Waals surface area (Å²) in [7, 11) is 0. The normalized spacial score (nSPS) is 27.1. The summed E-state index contributed by atoms with van der Waals surface area (Å²) in [5.74, 6) is 0.796. The Balaban J connectivity index is 2.73. The molecule has 0 amide bonds. The lowest BCUT2D eigenvalue weighted by Crippen LogP contribution is -2.37. The maximum absolute atomic E-state index is 12.3. The van der Waals surface area contributed by atoms with Crippen LogP contribution in [0.4, 0.5) is 0 Å². The second kappa shape index (κ2) is 4.92. The minimum Gasteiger partial charge on any atom is -0.316 e. The fraction of sp³-hybridized carbons (Fsp3) is 0.917. The number of Topliss-reactive ketones (excluding diaryl/α,β-unsaturated/α-hetero) is 1. The average molecular weight is 197 g/mol. The molecule has 1 N–H and O–H groups in total. The van der Waals surface area contributed by atoms with Crippen molar-refractivity contribution in [1.29, 1.82) is 0 Å². The summed E-state index contributed by atoms with van der Waals surface area (Å²) in [5.41, 5.74) is -0.0311. The van der Waals surface area contributed by atoms with Crippen molar-refractivity contribution in [2.75, 3.05) is 13.1 Å². The molecule has 0 aromatic carbocycles. The van der Waals surface area contributed by atoms with E-state index in [0.717, 1.165) is 38.8 Å². The summed E-state index contributed by atoms with van der Waals surface area (Å²) in [5, 5.41) is 3.33. The molecule has 1 fully saturated rings. The molecule has 1 aliphatic heterocycles. The molecule has 0 bridgehead atoms. The van der Waals surface area contributed by atoms with Gasteiger partial charge in [-0.2, -0.15) is 0 Å². The quantitative estimate of drug-likeness (QED) is 0.733. The maximum atomic E-state index is 12.3. The van der Waals surface area contributed by atoms with Gasteiger partial charge in [0.05, 0.1) is 0 Å². The first-order valence-electron chi connectivity index (χ1n) is 5.95. The fourth-order valence-corrected chi connectivity index (χ4v) is 2.52. The van der Waals surface area contributed by atoms with Crippen molar-refractivity contribution >= 4 is 5.78 Å². The van der Waals surface area contributed by atoms with E-state index >= 15 is 0 Å². The Labute approximate surface area is 87.5 Å². The van der Waals surface area contributed by atoms with E-state index in [1.54, 1.807) is 0 Å². The monoisotopic (exact) mass is 197 g/mol. The highest BCUT2D eigenvalue weighted by Crippen LogP contribution is 2.34. The number of hydrogen-bond donors (Lipinski definition) is 1. The number of hydrogen-bond acceptors (Lipinski definition) is 2. The molecule has 1 rings (SSSR count). The first-order chi connectivity index (χ1) is 6.70. The van der Waals surface area contributed by atoms with E-state index < -0.39 is 0 Å². The summed E-state index contributed by atoms with van der Waals surface area (Å²) in [6, 6.07) is 0. The predicted molar refractivity (Wildman–Crippen MR) is 59.3 cm³/mol. The van der Waals surface area contributed by atoms with Crippen LogP contribution in [0, 0.1) is 11.3 Å². The standard InChI is InChI=1S/C12H23NO/c1-4-10(5-2)11(14)12(6-3)7-8-13-9-12/h10,13H,4-9H2,1-3H3. The Hall–Kier alpha value is -0.370. The number of nitrogens with one attached hydrogen (secondary N) is 1. The number of rotatable bonds is 5. The average Bonchev–Trinajstić information content (AvgIpc) is 2.69. The van der Waals surface area contributed by atoms with Crippen LogP contribution in [-0.2, 0) is 4.79 Å². The van der Waals surface area contributed by atoms with Gasteiger partial charge in [-0.25, -0.2) is 0 Å². The third-order valence-corrected chi connectivity index (χ3v) is 3.80. The molecule has 14 heavy (non-hydrogen) atoms. The Morgan fingerprint density at radius 2 is 2.00 bits per heavy atom. The van der Waals surface area contributed by atoms with Crippen molar-refractivity contribution in [3.63, 3.8) is 0 Å². The predicted octanol–water partition coefficient (Wildman–Crippen LogP) is 2.38. The van der Waals surface area contributed by atoms with Gasteiger partial charge in [0.25, 0.3) is 0 Å². The molecule has 0 radical (unpaired) electrons. The minimum atomic E-state index is -0.0311. The fourth-order valence-electron chi connectivity index (χ4n) is 2.52. The third-order valence-electron chi connectivity index (χ3n) is 3.80. The first-order valence-corrected chi connectivity index (χ1v) is 5.95. The van der Waals surface area contributed by atoms with Gasteiger partial charge in [0.15, 0.2) is 0 Å². The number of carbonyl (C=O) groups is 1. The van der Waals surface area contributed by atoms with Gasteiger partial charge in [0.1, 0.15) is 5.78 Å². The molecule has 0 aromatic rings. The molecular formula is C12H23NO. The molecule has 82 valence electrons. The molecule has 0 aromatic heterocycles. The molecule has 1 heterocycles. The minimum absolute atomic E-state index is 0.0311. The van der Waals surface area contributed by atoms with Gasteiger partial charge in [0, 0.05) is 17.9 Å². The van der Waals surface area contributed by atoms with Crippen LogP contribution in [0.1, 0.15) is 46.5 Å². The van der Waals surface area contributed by atoms with E-state index in [2.05, 4.69) is 26.1 Å². The van der Waals surface area contributed by atoms with Crippen molar-refractivity contribution in [3.8, 4) is 0 Å². The molecule has 2 nitrogen and oxygen atoms in total. The van der Waals surface area contributed by atoms with Crippen molar-refractivity contribution in [2.24, 2.45) is 11.3 Å². The molecule has 0 saturated carbocycles. The highest BCUT2D eigenvalue weighted by molar-refractivity contribution is 5.87. The topological polar surface area (TPSA) is 29.1 Å². The second-order valence-electron chi connectivity index (χ2n) is 4.44. The lowest BCUT2D eigenvalue weighted by molar-refractivity contribution is -0.132. The Morgan fingerprint density at radius 3 is 2.36 bits per heavy atom. The zero-order valence-corrected chi connectivity index (χ0v) is 9.73. The molecule has 1 atom stereocenters. The molecule has 2 heteroatoms. The Kier molecular flexibility index (Phi) is 4.11. The van der Waals surface area contributed by atoms with Gasteiger partial charge >= 0.3 is 0 Å². The van der Waals surface area contributed by atoms with Gasteiger partial charge in [-0.3, -0.25) is 4.79 Å². The van der Waals surface area contributed by atoms with Crippen LogP contribution in [0.3, 0.4) is 0 Å². The van der Waals surface area contributed by atoms with E-state index in [1.165, 1.54) is 0 Å². The summed E-state index contributed by atoms with van der Waals surface area (Å²) in [6.07, 6.45) is 4.03. The van der Waals surface area contributed by atoms with Crippen LogP contribution in [0.15, 0.2) is 0 Å². The smallest absolute Gasteiger partial charge is 0.143 e. The molecule has 1 aliphatic rings. The van der Waals surface area contributed by atoms with Crippen LogP contribution < -0.4 is 5.32 Å². The van der Waals surface area contributed by atoms with E-state index in [-0.39, 0.29) is 11.3 Å². The molecular weight excluding hydrogens is 174 g/mol. The largest absolute Gasteiger partial charge is 0.316 e. The van der Waals surface area contributed by atoms with Crippen molar-refractivity contribution < 1.29 is 4.79 Å². The molecule has 0 spiro atoms. The van der Waals surface area contributed by atoms with Crippen molar-refractivity contribution in [3.05, 3.63) is 0 Å². The summed E-state index contributed by atoms with van der Waals surface area (Å²) in [6.45, 7) is 8.31. The van der Waals surface area contributed by atoms with E-state index in [0.29, 0.717) is 5.78 Å². The van der Waals surface area contributed by atoms with Crippen molar-refractivity contribution in [2.45, 2.75) is 46.5 Å². The van der Waals surface area contributed by atoms with E-state index in [1.807, 2.05) is 0 Å². The van der Waals surface area contributed by atoms with E-state index in [4.69, 9.17) is 0 Å². The van der Waals surface area contributed by atoms with Gasteiger partial charge in [-0.15, -0.1) is 0 Å². The number of carbonyl (C=O) groups excluding carboxylic acids is 1. The summed E-state index contributed by atoms with van der Waals surface area (Å²) >= 11 is 0. The highest BCUT2D eigenvalue weighted by atomic mass is 16.1. The summed E-state index contributed by atoms with van der Waals surface area (Å²) < 4.78 is 0.